The lowest BCUT2D eigenvalue weighted by Crippen LogP contribution is -2.45. The number of anilines is 1. The van der Waals surface area contributed by atoms with Crippen LogP contribution in [0.5, 0.6) is 0 Å². The van der Waals surface area contributed by atoms with Crippen LogP contribution in [-0.4, -0.2) is 13.0 Å². The number of hydrogen-bond donors (Lipinski definition) is 1. The van der Waals surface area contributed by atoms with Gasteiger partial charge in [0, 0.05) is 12.6 Å². The summed E-state index contributed by atoms with van der Waals surface area (Å²) in [6.45, 7) is 8.33. The highest BCUT2D eigenvalue weighted by Gasteiger charge is 2.56. The van der Waals surface area contributed by atoms with Gasteiger partial charge in [0.15, 0.2) is 0 Å². The van der Waals surface area contributed by atoms with Gasteiger partial charge in [0.05, 0.1) is 22.4 Å². The molecule has 0 aromatic heterocycles. The molecule has 5 nitrogen and oxygen atoms in total. The summed E-state index contributed by atoms with van der Waals surface area (Å²) in [5, 5.41) is 20.4. The molecule has 1 amide bonds. The van der Waals surface area contributed by atoms with E-state index in [2.05, 4.69) is 42.4 Å². The summed E-state index contributed by atoms with van der Waals surface area (Å²) in [7, 11) is 1.57. The Labute approximate surface area is 195 Å². The molecule has 172 valence electrons. The highest BCUT2D eigenvalue weighted by atomic mass is 19.1. The van der Waals surface area contributed by atoms with Gasteiger partial charge < -0.3 is 5.32 Å². The number of nitrogens with one attached hydrogen (secondary N) is 1. The largest absolute Gasteiger partial charge is 0.324 e. The molecule has 0 radical (unpaired) electrons. The Morgan fingerprint density at radius 3 is 2.55 bits per heavy atom. The van der Waals surface area contributed by atoms with Crippen LogP contribution in [0.15, 0.2) is 64.8 Å². The second-order valence-corrected chi connectivity index (χ2v) is 9.50. The first-order valence-corrected chi connectivity index (χ1v) is 11.2. The van der Waals surface area contributed by atoms with Gasteiger partial charge in [-0.25, -0.2) is 4.39 Å². The van der Waals surface area contributed by atoms with E-state index < -0.39 is 5.41 Å². The predicted octanol–water partition coefficient (Wildman–Crippen LogP) is 6.84. The monoisotopic (exact) mass is 446 g/mol. The fourth-order valence-corrected chi connectivity index (χ4v) is 5.13. The molecular weight excluding hydrogens is 415 g/mol. The van der Waals surface area contributed by atoms with Crippen molar-refractivity contribution in [1.82, 2.24) is 0 Å². The Morgan fingerprint density at radius 2 is 1.88 bits per heavy atom. The van der Waals surface area contributed by atoms with Gasteiger partial charge in [-0.05, 0) is 54.4 Å². The number of carbonyl (C=O) groups is 1. The zero-order valence-corrected chi connectivity index (χ0v) is 19.9. The minimum absolute atomic E-state index is 0.0427. The van der Waals surface area contributed by atoms with Gasteiger partial charge in [-0.15, -0.1) is 0 Å². The van der Waals surface area contributed by atoms with E-state index in [4.69, 9.17) is 0 Å². The standard InChI is InChI=1S/C27H31FN4O/c1-18(16-24(32-30-5)20-11-7-8-12-22(20)28)21-14-15-27(4,26(21,2)3)25(33)31-23-13-9-6-10-19(23)17-29/h6-13,16,18,21H,14-15H2,1-5H3,(H,31,33)/b24-16-,32-30?/t18-,21?,27?/m0/s1. The Bertz CT molecular complexity index is 1130. The number of carbonyl (C=O) groups excluding carboxylic acids is 1. The Morgan fingerprint density at radius 1 is 1.21 bits per heavy atom. The van der Waals surface area contributed by atoms with Crippen LogP contribution in [0.25, 0.3) is 5.70 Å². The summed E-state index contributed by atoms with van der Waals surface area (Å²) in [5.41, 5.74) is 0.908. The van der Waals surface area contributed by atoms with Crippen LogP contribution in [0.1, 0.15) is 51.7 Å². The minimum atomic E-state index is -0.632. The van der Waals surface area contributed by atoms with Crippen molar-refractivity contribution in [1.29, 1.82) is 5.26 Å². The van der Waals surface area contributed by atoms with Crippen LogP contribution in [0.2, 0.25) is 0 Å². The molecule has 0 saturated heterocycles. The quantitative estimate of drug-likeness (QED) is 0.493. The summed E-state index contributed by atoms with van der Waals surface area (Å²) in [6.07, 6.45) is 3.53. The predicted molar refractivity (Wildman–Crippen MR) is 129 cm³/mol. The van der Waals surface area contributed by atoms with Crippen LogP contribution in [0.3, 0.4) is 0 Å². The molecule has 1 aliphatic carbocycles. The summed E-state index contributed by atoms with van der Waals surface area (Å²) >= 11 is 0. The first-order chi connectivity index (χ1) is 15.7. The number of azo groups is 1. The van der Waals surface area contributed by atoms with Gasteiger partial charge in [-0.2, -0.15) is 15.5 Å². The van der Waals surface area contributed by atoms with Gasteiger partial charge >= 0.3 is 0 Å². The molecule has 0 heterocycles. The molecule has 3 rings (SSSR count). The van der Waals surface area contributed by atoms with E-state index in [-0.39, 0.29) is 29.0 Å². The SMILES string of the molecule is CN=N/C(=C\[C@H](C)C1CCC(C)(C(=O)Nc2ccccc2C#N)C1(C)C)c1ccccc1F. The van der Waals surface area contributed by atoms with Crippen molar-refractivity contribution in [2.75, 3.05) is 12.4 Å². The molecule has 1 N–H and O–H groups in total. The summed E-state index contributed by atoms with van der Waals surface area (Å²) in [5.74, 6) is -0.208. The zero-order valence-electron chi connectivity index (χ0n) is 19.9. The lowest BCUT2D eigenvalue weighted by atomic mass is 9.62. The lowest BCUT2D eigenvalue weighted by Gasteiger charge is -2.42. The van der Waals surface area contributed by atoms with Crippen LogP contribution < -0.4 is 5.32 Å². The lowest BCUT2D eigenvalue weighted by molar-refractivity contribution is -0.130. The first-order valence-electron chi connectivity index (χ1n) is 11.2. The van der Waals surface area contributed by atoms with Gasteiger partial charge in [-0.3, -0.25) is 4.79 Å². The smallest absolute Gasteiger partial charge is 0.230 e. The van der Waals surface area contributed by atoms with Crippen molar-refractivity contribution in [3.8, 4) is 6.07 Å². The first kappa shape index (κ1) is 24.3. The van der Waals surface area contributed by atoms with E-state index >= 15 is 0 Å². The summed E-state index contributed by atoms with van der Waals surface area (Å²) < 4.78 is 14.4. The molecule has 0 bridgehead atoms. The number of nitrogens with zero attached hydrogens (tertiary/aromatic N) is 3. The highest BCUT2D eigenvalue weighted by Crippen LogP contribution is 2.59. The minimum Gasteiger partial charge on any atom is -0.324 e. The molecule has 2 aromatic carbocycles. The number of para-hydroxylation sites is 1. The van der Waals surface area contributed by atoms with E-state index in [1.807, 2.05) is 13.0 Å². The fraction of sp³-hybridized carbons (Fsp3) is 0.407. The van der Waals surface area contributed by atoms with Crippen molar-refractivity contribution < 1.29 is 9.18 Å². The number of nitriles is 1. The number of halogens is 1. The number of hydrogen-bond acceptors (Lipinski definition) is 4. The van der Waals surface area contributed by atoms with Gasteiger partial charge in [0.25, 0.3) is 0 Å². The molecule has 1 aliphatic rings. The molecular formula is C27H31FN4O. The average Bonchev–Trinajstić information content (AvgIpc) is 3.04. The van der Waals surface area contributed by atoms with Gasteiger partial charge in [-0.1, -0.05) is 58.0 Å². The third-order valence-corrected chi connectivity index (χ3v) is 7.51. The van der Waals surface area contributed by atoms with Crippen LogP contribution in [-0.2, 0) is 4.79 Å². The third kappa shape index (κ3) is 4.59. The molecule has 3 atom stereocenters. The van der Waals surface area contributed by atoms with E-state index in [0.29, 0.717) is 28.9 Å². The third-order valence-electron chi connectivity index (χ3n) is 7.51. The number of rotatable bonds is 6. The molecule has 6 heteroatoms. The molecule has 1 saturated carbocycles. The Kier molecular flexibility index (Phi) is 7.12. The molecule has 0 aliphatic heterocycles. The molecule has 2 aromatic rings. The summed E-state index contributed by atoms with van der Waals surface area (Å²) in [4.78, 5) is 13.5. The van der Waals surface area contributed by atoms with Crippen LogP contribution in [0.4, 0.5) is 10.1 Å². The van der Waals surface area contributed by atoms with Crippen LogP contribution >= 0.6 is 0 Å². The molecule has 1 fully saturated rings. The van der Waals surface area contributed by atoms with Crippen molar-refractivity contribution in [3.63, 3.8) is 0 Å². The Balaban J connectivity index is 1.89. The number of allylic oxidation sites excluding steroid dienone is 1. The number of benzene rings is 2. The van der Waals surface area contributed by atoms with Crippen molar-refractivity contribution >= 4 is 17.3 Å². The van der Waals surface area contributed by atoms with E-state index in [9.17, 15) is 14.4 Å². The van der Waals surface area contributed by atoms with Crippen LogP contribution in [0, 0.1) is 39.8 Å². The molecule has 33 heavy (non-hydrogen) atoms. The van der Waals surface area contributed by atoms with E-state index in [1.165, 1.54) is 6.07 Å². The maximum atomic E-state index is 14.4. The maximum absolute atomic E-state index is 14.4. The van der Waals surface area contributed by atoms with Crippen molar-refractivity contribution in [2.24, 2.45) is 32.9 Å². The topological polar surface area (TPSA) is 77.6 Å². The van der Waals surface area contributed by atoms with E-state index in [0.717, 1.165) is 6.42 Å². The molecule has 0 spiro atoms. The summed E-state index contributed by atoms with van der Waals surface area (Å²) in [6, 6.07) is 15.7. The maximum Gasteiger partial charge on any atom is 0.230 e. The van der Waals surface area contributed by atoms with E-state index in [1.54, 1.807) is 49.5 Å². The fourth-order valence-electron chi connectivity index (χ4n) is 5.13. The highest BCUT2D eigenvalue weighted by molar-refractivity contribution is 5.97. The second kappa shape index (κ2) is 9.66. The van der Waals surface area contributed by atoms with Crippen molar-refractivity contribution in [3.05, 3.63) is 71.6 Å². The second-order valence-electron chi connectivity index (χ2n) is 9.50. The normalized spacial score (nSPS) is 23.3. The van der Waals surface area contributed by atoms with Crippen molar-refractivity contribution in [2.45, 2.75) is 40.5 Å². The zero-order chi connectivity index (χ0) is 24.2. The van der Waals surface area contributed by atoms with Gasteiger partial charge in [0.1, 0.15) is 11.9 Å². The van der Waals surface area contributed by atoms with Gasteiger partial charge in [0.2, 0.25) is 5.91 Å². The average molecular weight is 447 g/mol. The number of amides is 1. The Hall–Kier alpha value is -3.33. The molecule has 2 unspecified atom stereocenters.